The molecule has 2 heteroatoms. The van der Waals surface area contributed by atoms with Gasteiger partial charge in [-0.3, -0.25) is 0 Å². The van der Waals surface area contributed by atoms with Crippen LogP contribution in [-0.4, -0.2) is 31.6 Å². The minimum absolute atomic E-state index is 0.482. The third-order valence-electron chi connectivity index (χ3n) is 4.38. The Morgan fingerprint density at radius 2 is 2.11 bits per heavy atom. The molecule has 0 bridgehead atoms. The van der Waals surface area contributed by atoms with Crippen molar-refractivity contribution in [2.75, 3.05) is 20.6 Å². The highest BCUT2D eigenvalue weighted by Gasteiger charge is 2.33. The van der Waals surface area contributed by atoms with Gasteiger partial charge in [-0.05, 0) is 37.6 Å². The molecular weight excluding hydrogens is 220 g/mol. The lowest BCUT2D eigenvalue weighted by atomic mass is 10.0. The predicted octanol–water partition coefficient (Wildman–Crippen LogP) is 2.85. The molecule has 0 spiro atoms. The fraction of sp³-hybridized carbons (Fsp3) is 0.625. The van der Waals surface area contributed by atoms with Crippen LogP contribution < -0.4 is 5.32 Å². The summed E-state index contributed by atoms with van der Waals surface area (Å²) in [6.45, 7) is 5.80. The molecule has 1 N–H and O–H groups in total. The van der Waals surface area contributed by atoms with Crippen molar-refractivity contribution >= 4 is 0 Å². The Morgan fingerprint density at radius 3 is 2.78 bits per heavy atom. The van der Waals surface area contributed by atoms with E-state index in [1.54, 1.807) is 0 Å². The van der Waals surface area contributed by atoms with Gasteiger partial charge in [0.25, 0.3) is 0 Å². The standard InChI is InChI=1S/C16H26N2/c1-5-12(2)11-18(4)15-10-13-8-6-7-9-14(13)16(15)17-3/h6-9,12,15-17H,5,10-11H2,1-4H3. The van der Waals surface area contributed by atoms with Gasteiger partial charge in [-0.1, -0.05) is 44.5 Å². The monoisotopic (exact) mass is 246 g/mol. The number of nitrogens with zero attached hydrogens (tertiary/aromatic N) is 1. The van der Waals surface area contributed by atoms with Crippen LogP contribution in [0.15, 0.2) is 24.3 Å². The third-order valence-corrected chi connectivity index (χ3v) is 4.38. The van der Waals surface area contributed by atoms with Gasteiger partial charge < -0.3 is 10.2 Å². The molecule has 0 fully saturated rings. The first-order valence-corrected chi connectivity index (χ1v) is 7.12. The number of rotatable bonds is 5. The minimum Gasteiger partial charge on any atom is -0.312 e. The Kier molecular flexibility index (Phi) is 4.41. The number of fused-ring (bicyclic) bond motifs is 1. The first-order chi connectivity index (χ1) is 8.67. The van der Waals surface area contributed by atoms with Crippen molar-refractivity contribution in [1.29, 1.82) is 0 Å². The zero-order valence-corrected chi connectivity index (χ0v) is 12.1. The van der Waals surface area contributed by atoms with Crippen molar-refractivity contribution in [2.45, 2.75) is 38.8 Å². The summed E-state index contributed by atoms with van der Waals surface area (Å²) >= 11 is 0. The van der Waals surface area contributed by atoms with Crippen molar-refractivity contribution in [3.05, 3.63) is 35.4 Å². The molecule has 1 aliphatic carbocycles. The van der Waals surface area contributed by atoms with Gasteiger partial charge in [0.1, 0.15) is 0 Å². The summed E-state index contributed by atoms with van der Waals surface area (Å²) in [7, 11) is 4.35. The smallest absolute Gasteiger partial charge is 0.0481 e. The van der Waals surface area contributed by atoms with Crippen LogP contribution in [0.4, 0.5) is 0 Å². The lowest BCUT2D eigenvalue weighted by Gasteiger charge is -2.31. The Bertz CT molecular complexity index is 388. The molecule has 1 aromatic rings. The second-order valence-electron chi connectivity index (χ2n) is 5.69. The quantitative estimate of drug-likeness (QED) is 0.859. The van der Waals surface area contributed by atoms with Gasteiger partial charge in [0.15, 0.2) is 0 Å². The van der Waals surface area contributed by atoms with E-state index in [0.29, 0.717) is 12.1 Å². The van der Waals surface area contributed by atoms with Gasteiger partial charge in [-0.15, -0.1) is 0 Å². The maximum atomic E-state index is 3.50. The highest BCUT2D eigenvalue weighted by molar-refractivity contribution is 5.37. The fourth-order valence-corrected chi connectivity index (χ4v) is 3.09. The molecule has 1 aliphatic rings. The van der Waals surface area contributed by atoms with Crippen LogP contribution in [0.2, 0.25) is 0 Å². The van der Waals surface area contributed by atoms with Crippen molar-refractivity contribution in [1.82, 2.24) is 10.2 Å². The fourth-order valence-electron chi connectivity index (χ4n) is 3.09. The van der Waals surface area contributed by atoms with Crippen molar-refractivity contribution in [2.24, 2.45) is 5.92 Å². The molecular formula is C16H26N2. The van der Waals surface area contributed by atoms with Gasteiger partial charge in [0, 0.05) is 18.6 Å². The third kappa shape index (κ3) is 2.60. The lowest BCUT2D eigenvalue weighted by molar-refractivity contribution is 0.182. The average Bonchev–Trinajstić information content (AvgIpc) is 2.77. The van der Waals surface area contributed by atoms with E-state index in [1.807, 2.05) is 0 Å². The van der Waals surface area contributed by atoms with Crippen LogP contribution in [0.25, 0.3) is 0 Å². The highest BCUT2D eigenvalue weighted by Crippen LogP contribution is 2.33. The normalized spacial score (nSPS) is 24.3. The Balaban J connectivity index is 2.12. The average molecular weight is 246 g/mol. The maximum absolute atomic E-state index is 3.50. The molecule has 100 valence electrons. The summed E-state index contributed by atoms with van der Waals surface area (Å²) in [6.07, 6.45) is 2.43. The molecule has 0 aliphatic heterocycles. The molecule has 0 aromatic heterocycles. The molecule has 18 heavy (non-hydrogen) atoms. The molecule has 0 saturated carbocycles. The van der Waals surface area contributed by atoms with Gasteiger partial charge in [-0.25, -0.2) is 0 Å². The summed E-state index contributed by atoms with van der Waals surface area (Å²) < 4.78 is 0. The van der Waals surface area contributed by atoms with Crippen molar-refractivity contribution < 1.29 is 0 Å². The zero-order valence-electron chi connectivity index (χ0n) is 12.1. The molecule has 0 radical (unpaired) electrons. The van der Waals surface area contributed by atoms with E-state index in [9.17, 15) is 0 Å². The van der Waals surface area contributed by atoms with E-state index in [0.717, 1.165) is 5.92 Å². The number of benzene rings is 1. The van der Waals surface area contributed by atoms with Crippen molar-refractivity contribution in [3.63, 3.8) is 0 Å². The molecule has 3 atom stereocenters. The highest BCUT2D eigenvalue weighted by atomic mass is 15.2. The number of likely N-dealkylation sites (N-methyl/N-ethyl adjacent to an activating group) is 2. The summed E-state index contributed by atoms with van der Waals surface area (Å²) in [6, 6.07) is 9.93. The molecule has 0 saturated heterocycles. The number of hydrogen-bond acceptors (Lipinski definition) is 2. The summed E-state index contributed by atoms with van der Waals surface area (Å²) in [4.78, 5) is 2.54. The first-order valence-electron chi connectivity index (χ1n) is 7.12. The summed E-state index contributed by atoms with van der Waals surface area (Å²) in [5, 5.41) is 3.50. The molecule has 0 heterocycles. The SMILES string of the molecule is CCC(C)CN(C)C1Cc2ccccc2C1NC. The maximum Gasteiger partial charge on any atom is 0.0481 e. The van der Waals surface area contributed by atoms with Crippen LogP contribution in [0.1, 0.15) is 37.4 Å². The van der Waals surface area contributed by atoms with Crippen LogP contribution >= 0.6 is 0 Å². The molecule has 0 amide bonds. The Morgan fingerprint density at radius 1 is 1.39 bits per heavy atom. The van der Waals surface area contributed by atoms with E-state index in [4.69, 9.17) is 0 Å². The second-order valence-corrected chi connectivity index (χ2v) is 5.69. The van der Waals surface area contributed by atoms with Gasteiger partial charge in [0.05, 0.1) is 0 Å². The Hall–Kier alpha value is -0.860. The van der Waals surface area contributed by atoms with E-state index in [1.165, 1.54) is 30.5 Å². The lowest BCUT2D eigenvalue weighted by Crippen LogP contribution is -2.41. The largest absolute Gasteiger partial charge is 0.312 e. The number of hydrogen-bond donors (Lipinski definition) is 1. The zero-order chi connectivity index (χ0) is 13.1. The Labute approximate surface area is 111 Å². The van der Waals surface area contributed by atoms with Crippen LogP contribution in [0, 0.1) is 5.92 Å². The minimum atomic E-state index is 0.482. The summed E-state index contributed by atoms with van der Waals surface area (Å²) in [5.74, 6) is 0.774. The van der Waals surface area contributed by atoms with E-state index >= 15 is 0 Å². The summed E-state index contributed by atoms with van der Waals surface area (Å²) in [5.41, 5.74) is 3.00. The second kappa shape index (κ2) is 5.85. The van der Waals surface area contributed by atoms with Crippen LogP contribution in [0.3, 0.4) is 0 Å². The van der Waals surface area contributed by atoms with Crippen molar-refractivity contribution in [3.8, 4) is 0 Å². The molecule has 2 nitrogen and oxygen atoms in total. The molecule has 1 aromatic carbocycles. The van der Waals surface area contributed by atoms with E-state index in [-0.39, 0.29) is 0 Å². The van der Waals surface area contributed by atoms with Gasteiger partial charge >= 0.3 is 0 Å². The van der Waals surface area contributed by atoms with E-state index < -0.39 is 0 Å². The van der Waals surface area contributed by atoms with Crippen LogP contribution in [0.5, 0.6) is 0 Å². The number of nitrogens with one attached hydrogen (secondary N) is 1. The van der Waals surface area contributed by atoms with E-state index in [2.05, 4.69) is 62.4 Å². The van der Waals surface area contributed by atoms with Gasteiger partial charge in [0.2, 0.25) is 0 Å². The van der Waals surface area contributed by atoms with Crippen LogP contribution in [-0.2, 0) is 6.42 Å². The molecule has 3 unspecified atom stereocenters. The topological polar surface area (TPSA) is 15.3 Å². The first kappa shape index (κ1) is 13.6. The predicted molar refractivity (Wildman–Crippen MR) is 77.8 cm³/mol. The van der Waals surface area contributed by atoms with Gasteiger partial charge in [-0.2, -0.15) is 0 Å². The molecule has 2 rings (SSSR count).